The van der Waals surface area contributed by atoms with E-state index in [2.05, 4.69) is 10.2 Å². The molecule has 0 unspecified atom stereocenters. The molecule has 118 valence electrons. The minimum Gasteiger partial charge on any atom is -0.314 e. The average molecular weight is 351 g/mol. The summed E-state index contributed by atoms with van der Waals surface area (Å²) >= 11 is 1.54. The van der Waals surface area contributed by atoms with Gasteiger partial charge in [0.2, 0.25) is 0 Å². The zero-order chi connectivity index (χ0) is 13.0. The van der Waals surface area contributed by atoms with Crippen LogP contribution in [0.5, 0.6) is 0 Å². The lowest BCUT2D eigenvalue weighted by molar-refractivity contribution is -0.138. The van der Waals surface area contributed by atoms with E-state index in [0.29, 0.717) is 0 Å². The normalized spacial score (nSPS) is 17.9. The molecule has 0 aromatic carbocycles. The second-order valence-corrected chi connectivity index (χ2v) is 5.29. The van der Waals surface area contributed by atoms with E-state index >= 15 is 0 Å². The fourth-order valence-corrected chi connectivity index (χ4v) is 3.03. The van der Waals surface area contributed by atoms with Crippen LogP contribution in [0.4, 0.5) is 13.2 Å². The highest BCUT2D eigenvalue weighted by molar-refractivity contribution is 7.07. The molecule has 1 aromatic rings. The van der Waals surface area contributed by atoms with Crippen LogP contribution in [0, 0.1) is 0 Å². The molecule has 0 radical (unpaired) electrons. The fourth-order valence-electron chi connectivity index (χ4n) is 2.32. The molecule has 1 fully saturated rings. The minimum absolute atomic E-state index is 0. The van der Waals surface area contributed by atoms with Crippen molar-refractivity contribution < 1.29 is 13.2 Å². The van der Waals surface area contributed by atoms with Crippen LogP contribution in [-0.4, -0.2) is 37.3 Å². The van der Waals surface area contributed by atoms with Gasteiger partial charge in [-0.1, -0.05) is 0 Å². The molecule has 0 spiro atoms. The van der Waals surface area contributed by atoms with E-state index in [1.54, 1.807) is 11.3 Å². The highest BCUT2D eigenvalue weighted by Crippen LogP contribution is 2.32. The number of halogens is 5. The Kier molecular flexibility index (Phi) is 9.09. The van der Waals surface area contributed by atoms with E-state index in [0.717, 1.165) is 31.7 Å². The second kappa shape index (κ2) is 9.10. The van der Waals surface area contributed by atoms with Crippen LogP contribution in [0.25, 0.3) is 0 Å². The summed E-state index contributed by atoms with van der Waals surface area (Å²) in [4.78, 5) is 2.16. The number of hydrogen-bond donors (Lipinski definition) is 1. The summed E-state index contributed by atoms with van der Waals surface area (Å²) in [5.41, 5.74) is 1.02. The molecule has 0 saturated carbocycles. The fraction of sp³-hybridized carbons (Fsp3) is 0.667. The van der Waals surface area contributed by atoms with Crippen molar-refractivity contribution in [2.45, 2.75) is 25.1 Å². The van der Waals surface area contributed by atoms with Crippen LogP contribution < -0.4 is 5.32 Å². The van der Waals surface area contributed by atoms with Gasteiger partial charge < -0.3 is 5.32 Å². The van der Waals surface area contributed by atoms with Crippen LogP contribution in [0.15, 0.2) is 16.8 Å². The van der Waals surface area contributed by atoms with Gasteiger partial charge in [-0.25, -0.2) is 0 Å². The van der Waals surface area contributed by atoms with Gasteiger partial charge in [-0.05, 0) is 28.8 Å². The van der Waals surface area contributed by atoms with Crippen molar-refractivity contribution in [1.82, 2.24) is 10.2 Å². The van der Waals surface area contributed by atoms with Crippen molar-refractivity contribution in [2.24, 2.45) is 0 Å². The molecule has 0 bridgehead atoms. The Labute approximate surface area is 133 Å². The maximum atomic E-state index is 12.4. The number of nitrogens with zero attached hydrogens (tertiary/aromatic N) is 1. The van der Waals surface area contributed by atoms with Crippen LogP contribution in [0.2, 0.25) is 0 Å². The molecule has 2 rings (SSSR count). The van der Waals surface area contributed by atoms with E-state index in [1.165, 1.54) is 0 Å². The van der Waals surface area contributed by atoms with E-state index in [4.69, 9.17) is 0 Å². The molecule has 8 heteroatoms. The average Bonchev–Trinajstić information content (AvgIpc) is 2.83. The zero-order valence-corrected chi connectivity index (χ0v) is 13.3. The maximum absolute atomic E-state index is 12.4. The van der Waals surface area contributed by atoms with Gasteiger partial charge in [0.05, 0.1) is 0 Å². The number of alkyl halides is 3. The van der Waals surface area contributed by atoms with Crippen LogP contribution in [-0.2, 0) is 0 Å². The van der Waals surface area contributed by atoms with Crippen molar-refractivity contribution in [3.8, 4) is 0 Å². The third-order valence-electron chi connectivity index (χ3n) is 3.22. The Balaban J connectivity index is 0.00000180. The van der Waals surface area contributed by atoms with Gasteiger partial charge >= 0.3 is 6.18 Å². The van der Waals surface area contributed by atoms with Crippen molar-refractivity contribution in [3.63, 3.8) is 0 Å². The van der Waals surface area contributed by atoms with Gasteiger partial charge in [0.25, 0.3) is 0 Å². The van der Waals surface area contributed by atoms with Gasteiger partial charge in [0.1, 0.15) is 0 Å². The summed E-state index contributed by atoms with van der Waals surface area (Å²) in [6.07, 6.45) is -4.63. The summed E-state index contributed by atoms with van der Waals surface area (Å²) in [5, 5.41) is 7.12. The minimum atomic E-state index is -4.07. The van der Waals surface area contributed by atoms with Gasteiger partial charge in [0, 0.05) is 38.6 Å². The zero-order valence-electron chi connectivity index (χ0n) is 10.9. The highest BCUT2D eigenvalue weighted by Gasteiger charge is 2.31. The van der Waals surface area contributed by atoms with Gasteiger partial charge in [-0.3, -0.25) is 4.90 Å². The van der Waals surface area contributed by atoms with Crippen LogP contribution in [0.1, 0.15) is 24.4 Å². The summed E-state index contributed by atoms with van der Waals surface area (Å²) in [6.45, 7) is 3.34. The molecule has 1 N–H and O–H groups in total. The summed E-state index contributed by atoms with van der Waals surface area (Å²) in [7, 11) is 0. The summed E-state index contributed by atoms with van der Waals surface area (Å²) in [5.74, 6) is 0. The number of rotatable bonds is 4. The van der Waals surface area contributed by atoms with E-state index < -0.39 is 12.6 Å². The molecule has 1 atom stereocenters. The molecule has 2 heterocycles. The Morgan fingerprint density at radius 3 is 2.40 bits per heavy atom. The summed E-state index contributed by atoms with van der Waals surface area (Å²) < 4.78 is 37.2. The van der Waals surface area contributed by atoms with Crippen molar-refractivity contribution >= 4 is 36.2 Å². The lowest BCUT2D eigenvalue weighted by atomic mass is 10.0. The smallest absolute Gasteiger partial charge is 0.314 e. The molecule has 0 amide bonds. The van der Waals surface area contributed by atoms with Gasteiger partial charge in [-0.2, -0.15) is 24.5 Å². The van der Waals surface area contributed by atoms with E-state index in [-0.39, 0.29) is 37.3 Å². The number of piperazine rings is 1. The predicted octanol–water partition coefficient (Wildman–Crippen LogP) is 3.88. The number of nitrogens with one attached hydrogen (secondary N) is 1. The standard InChI is InChI=1S/C12H17F3N2S.2ClH/c13-12(14,15)3-1-11(10-2-8-18-9-10)17-6-4-16-5-7-17;;/h2,8-9,11,16H,1,3-7H2;2*1H/t11-;;/m1../s1. The largest absolute Gasteiger partial charge is 0.389 e. The lowest BCUT2D eigenvalue weighted by Gasteiger charge is -2.35. The van der Waals surface area contributed by atoms with Crippen LogP contribution in [0.3, 0.4) is 0 Å². The molecule has 1 aliphatic heterocycles. The molecule has 20 heavy (non-hydrogen) atoms. The summed E-state index contributed by atoms with van der Waals surface area (Å²) in [6, 6.07) is 1.84. The number of thiophene rings is 1. The first-order valence-electron chi connectivity index (χ1n) is 6.10. The van der Waals surface area contributed by atoms with Gasteiger partial charge in [-0.15, -0.1) is 24.8 Å². The lowest BCUT2D eigenvalue weighted by Crippen LogP contribution is -2.45. The second-order valence-electron chi connectivity index (χ2n) is 4.51. The Bertz CT molecular complexity index is 354. The third kappa shape index (κ3) is 6.18. The molecule has 1 aliphatic rings. The third-order valence-corrected chi connectivity index (χ3v) is 3.92. The van der Waals surface area contributed by atoms with Gasteiger partial charge in [0.15, 0.2) is 0 Å². The SMILES string of the molecule is Cl.Cl.FC(F)(F)CC[C@H](c1ccsc1)N1CCNCC1. The monoisotopic (exact) mass is 350 g/mol. The quantitative estimate of drug-likeness (QED) is 0.886. The molecule has 0 aliphatic carbocycles. The maximum Gasteiger partial charge on any atom is 0.389 e. The predicted molar refractivity (Wildman–Crippen MR) is 81.3 cm³/mol. The first kappa shape index (κ1) is 20.0. The molecule has 2 nitrogen and oxygen atoms in total. The van der Waals surface area contributed by atoms with Crippen molar-refractivity contribution in [1.29, 1.82) is 0 Å². The molecular weight excluding hydrogens is 332 g/mol. The molecule has 1 saturated heterocycles. The van der Waals surface area contributed by atoms with E-state index in [1.807, 2.05) is 16.8 Å². The first-order valence-corrected chi connectivity index (χ1v) is 7.04. The topological polar surface area (TPSA) is 15.3 Å². The molecular formula is C12H19Cl2F3N2S. The Morgan fingerprint density at radius 1 is 1.25 bits per heavy atom. The highest BCUT2D eigenvalue weighted by atomic mass is 35.5. The molecule has 1 aromatic heterocycles. The Morgan fingerprint density at radius 2 is 1.90 bits per heavy atom. The Hall–Kier alpha value is -0.0100. The van der Waals surface area contributed by atoms with E-state index in [9.17, 15) is 13.2 Å². The first-order chi connectivity index (χ1) is 8.56. The number of hydrogen-bond acceptors (Lipinski definition) is 3. The van der Waals surface area contributed by atoms with Crippen molar-refractivity contribution in [3.05, 3.63) is 22.4 Å². The van der Waals surface area contributed by atoms with Crippen molar-refractivity contribution in [2.75, 3.05) is 26.2 Å². The van der Waals surface area contributed by atoms with Crippen LogP contribution >= 0.6 is 36.2 Å².